The zero-order valence-corrected chi connectivity index (χ0v) is 13.1. The third-order valence-electron chi connectivity index (χ3n) is 4.09. The normalized spacial score (nSPS) is 16.9. The van der Waals surface area contributed by atoms with Crippen molar-refractivity contribution in [1.29, 1.82) is 0 Å². The fraction of sp³-hybridized carbons (Fsp3) is 0.600. The Kier molecular flexibility index (Phi) is 4.70. The summed E-state index contributed by atoms with van der Waals surface area (Å²) in [5, 5.41) is 3.18. The predicted octanol–water partition coefficient (Wildman–Crippen LogP) is 2.98. The summed E-state index contributed by atoms with van der Waals surface area (Å²) in [7, 11) is -3.44. The summed E-state index contributed by atoms with van der Waals surface area (Å²) in [6.07, 6.45) is 4.25. The van der Waals surface area contributed by atoms with Crippen molar-refractivity contribution in [2.45, 2.75) is 44.4 Å². The van der Waals surface area contributed by atoms with Gasteiger partial charge in [0, 0.05) is 13.1 Å². The average molecular weight is 296 g/mol. The van der Waals surface area contributed by atoms with Crippen LogP contribution in [0.25, 0.3) is 0 Å². The molecular weight excluding hydrogens is 272 g/mol. The smallest absolute Gasteiger partial charge is 0.242 e. The van der Waals surface area contributed by atoms with Gasteiger partial charge in [-0.3, -0.25) is 0 Å². The minimum absolute atomic E-state index is 0.207. The number of hydrogen-bond donors (Lipinski definition) is 2. The van der Waals surface area contributed by atoms with E-state index in [0.717, 1.165) is 32.2 Å². The van der Waals surface area contributed by atoms with Crippen molar-refractivity contribution in [3.05, 3.63) is 24.3 Å². The van der Waals surface area contributed by atoms with E-state index in [9.17, 15) is 8.42 Å². The summed E-state index contributed by atoms with van der Waals surface area (Å²) in [5.74, 6) is 0. The number of hydrogen-bond acceptors (Lipinski definition) is 3. The molecule has 2 N–H and O–H groups in total. The van der Waals surface area contributed by atoms with Crippen molar-refractivity contribution >= 4 is 15.7 Å². The Labute approximate surface area is 122 Å². The van der Waals surface area contributed by atoms with Crippen LogP contribution in [0, 0.1) is 5.41 Å². The first kappa shape index (κ1) is 15.3. The first-order valence-electron chi connectivity index (χ1n) is 7.35. The molecular formula is C15H24N2O2S. The maximum absolute atomic E-state index is 12.5. The molecule has 1 aliphatic carbocycles. The number of benzene rings is 1. The molecule has 0 heterocycles. The van der Waals surface area contributed by atoms with E-state index >= 15 is 0 Å². The van der Waals surface area contributed by atoms with Gasteiger partial charge in [-0.05, 0) is 43.2 Å². The summed E-state index contributed by atoms with van der Waals surface area (Å²) in [6.45, 7) is 5.50. The molecule has 2 rings (SSSR count). The van der Waals surface area contributed by atoms with E-state index in [1.807, 2.05) is 12.1 Å². The number of sulfonamides is 1. The van der Waals surface area contributed by atoms with Gasteiger partial charge in [-0.15, -0.1) is 0 Å². The van der Waals surface area contributed by atoms with Gasteiger partial charge in [0.25, 0.3) is 0 Å². The van der Waals surface area contributed by atoms with E-state index in [-0.39, 0.29) is 5.41 Å². The Hall–Kier alpha value is -1.07. The highest BCUT2D eigenvalue weighted by molar-refractivity contribution is 7.89. The lowest BCUT2D eigenvalue weighted by Crippen LogP contribution is -2.30. The summed E-state index contributed by atoms with van der Waals surface area (Å²) in [6, 6.07) is 7.09. The van der Waals surface area contributed by atoms with E-state index in [1.165, 1.54) is 0 Å². The van der Waals surface area contributed by atoms with Crippen molar-refractivity contribution in [2.75, 3.05) is 18.4 Å². The highest BCUT2D eigenvalue weighted by atomic mass is 32.2. The molecule has 0 atom stereocenters. The average Bonchev–Trinajstić information content (AvgIpc) is 3.24. The second-order valence-electron chi connectivity index (χ2n) is 5.60. The fourth-order valence-electron chi connectivity index (χ4n) is 2.26. The van der Waals surface area contributed by atoms with Gasteiger partial charge in [-0.2, -0.15) is 0 Å². The molecule has 0 bridgehead atoms. The minimum Gasteiger partial charge on any atom is -0.384 e. The summed E-state index contributed by atoms with van der Waals surface area (Å²) < 4.78 is 27.7. The van der Waals surface area contributed by atoms with Gasteiger partial charge < -0.3 is 5.32 Å². The van der Waals surface area contributed by atoms with Gasteiger partial charge in [0.05, 0.1) is 5.69 Å². The maximum atomic E-state index is 12.5. The van der Waals surface area contributed by atoms with E-state index in [1.54, 1.807) is 12.1 Å². The van der Waals surface area contributed by atoms with Crippen LogP contribution in [-0.2, 0) is 10.0 Å². The molecule has 1 fully saturated rings. The van der Waals surface area contributed by atoms with Crippen LogP contribution in [-0.4, -0.2) is 21.5 Å². The van der Waals surface area contributed by atoms with Crippen molar-refractivity contribution in [1.82, 2.24) is 4.72 Å². The molecule has 0 saturated heterocycles. The molecule has 1 aliphatic rings. The van der Waals surface area contributed by atoms with Crippen LogP contribution in [0.4, 0.5) is 5.69 Å². The second-order valence-corrected chi connectivity index (χ2v) is 7.34. The molecule has 112 valence electrons. The Balaban J connectivity index is 2.12. The molecule has 0 amide bonds. The molecule has 4 nitrogen and oxygen atoms in total. The molecule has 0 spiro atoms. The first-order valence-corrected chi connectivity index (χ1v) is 8.84. The molecule has 1 aromatic rings. The first-order chi connectivity index (χ1) is 9.53. The quantitative estimate of drug-likeness (QED) is 0.775. The molecule has 20 heavy (non-hydrogen) atoms. The lowest BCUT2D eigenvalue weighted by atomic mass is 10.1. The standard InChI is InChI=1S/C15H24N2O2S/c1-3-11-16-13-7-5-6-8-14(13)20(18,19)17-12-15(4-2)9-10-15/h5-8,16-17H,3-4,9-12H2,1-2H3. The van der Waals surface area contributed by atoms with Crippen LogP contribution in [0.3, 0.4) is 0 Å². The fourth-order valence-corrected chi connectivity index (χ4v) is 3.60. The van der Waals surface area contributed by atoms with Gasteiger partial charge >= 0.3 is 0 Å². The van der Waals surface area contributed by atoms with Gasteiger partial charge in [0.1, 0.15) is 4.90 Å². The van der Waals surface area contributed by atoms with Crippen molar-refractivity contribution in [2.24, 2.45) is 5.41 Å². The van der Waals surface area contributed by atoms with Crippen molar-refractivity contribution in [3.63, 3.8) is 0 Å². The largest absolute Gasteiger partial charge is 0.384 e. The van der Waals surface area contributed by atoms with Crippen LogP contribution < -0.4 is 10.0 Å². The molecule has 0 aromatic heterocycles. The van der Waals surface area contributed by atoms with E-state index in [4.69, 9.17) is 0 Å². The summed E-state index contributed by atoms with van der Waals surface area (Å²) in [4.78, 5) is 0.348. The zero-order valence-electron chi connectivity index (χ0n) is 12.3. The van der Waals surface area contributed by atoms with Gasteiger partial charge in [0.15, 0.2) is 0 Å². The zero-order chi connectivity index (χ0) is 14.6. The van der Waals surface area contributed by atoms with Crippen LogP contribution in [0.15, 0.2) is 29.2 Å². The van der Waals surface area contributed by atoms with E-state index in [0.29, 0.717) is 17.1 Å². The highest BCUT2D eigenvalue weighted by Gasteiger charge is 2.41. The molecule has 5 heteroatoms. The Morgan fingerprint density at radius 1 is 1.20 bits per heavy atom. The van der Waals surface area contributed by atoms with Gasteiger partial charge in [-0.1, -0.05) is 26.0 Å². The van der Waals surface area contributed by atoms with Gasteiger partial charge in [0.2, 0.25) is 10.0 Å². The van der Waals surface area contributed by atoms with E-state index < -0.39 is 10.0 Å². The highest BCUT2D eigenvalue weighted by Crippen LogP contribution is 2.48. The van der Waals surface area contributed by atoms with Crippen LogP contribution in [0.1, 0.15) is 39.5 Å². The van der Waals surface area contributed by atoms with Crippen LogP contribution >= 0.6 is 0 Å². The maximum Gasteiger partial charge on any atom is 0.242 e. The van der Waals surface area contributed by atoms with Crippen molar-refractivity contribution < 1.29 is 8.42 Å². The van der Waals surface area contributed by atoms with Crippen LogP contribution in [0.5, 0.6) is 0 Å². The molecule has 1 aromatic carbocycles. The molecule has 0 radical (unpaired) electrons. The number of nitrogens with one attached hydrogen (secondary N) is 2. The summed E-state index contributed by atoms with van der Waals surface area (Å²) >= 11 is 0. The topological polar surface area (TPSA) is 58.2 Å². The number of rotatable bonds is 8. The monoisotopic (exact) mass is 296 g/mol. The third kappa shape index (κ3) is 3.52. The van der Waals surface area contributed by atoms with E-state index in [2.05, 4.69) is 23.9 Å². The Morgan fingerprint density at radius 2 is 1.90 bits per heavy atom. The van der Waals surface area contributed by atoms with Crippen LogP contribution in [0.2, 0.25) is 0 Å². The Bertz CT molecular complexity index is 551. The lowest BCUT2D eigenvalue weighted by molar-refractivity contribution is 0.476. The van der Waals surface area contributed by atoms with Gasteiger partial charge in [-0.25, -0.2) is 13.1 Å². The molecule has 0 unspecified atom stereocenters. The second kappa shape index (κ2) is 6.14. The number of anilines is 1. The number of para-hydroxylation sites is 1. The minimum atomic E-state index is -3.44. The molecule has 0 aliphatic heterocycles. The van der Waals surface area contributed by atoms with Crippen molar-refractivity contribution in [3.8, 4) is 0 Å². The predicted molar refractivity (Wildman–Crippen MR) is 82.4 cm³/mol. The molecule has 1 saturated carbocycles. The Morgan fingerprint density at radius 3 is 2.50 bits per heavy atom. The lowest BCUT2D eigenvalue weighted by Gasteiger charge is -2.16. The third-order valence-corrected chi connectivity index (χ3v) is 5.55. The SMILES string of the molecule is CCCNc1ccccc1S(=O)(=O)NCC1(CC)CC1. The summed E-state index contributed by atoms with van der Waals surface area (Å²) in [5.41, 5.74) is 0.891.